The monoisotopic (exact) mass is 658 g/mol. The molecule has 1 amide bonds. The molecule has 0 spiro atoms. The van der Waals surface area contributed by atoms with Crippen LogP contribution < -0.4 is 4.72 Å². The SMILES string of the molecule is COC1=CCC2=C(C=C1)c1c(C3CCCCC3)c3ccc(C(=O)NS(=O)(=O)CC(C)C)cc3n1CC(c1c(C(=O)O)c(C)nn1C)=C2. The van der Waals surface area contributed by atoms with E-state index in [0.29, 0.717) is 30.3 Å². The molecule has 0 saturated heterocycles. The number of aryl methyl sites for hydroxylation is 2. The maximum absolute atomic E-state index is 13.4. The van der Waals surface area contributed by atoms with Crippen molar-refractivity contribution in [2.75, 3.05) is 12.9 Å². The Morgan fingerprint density at radius 2 is 1.87 bits per heavy atom. The van der Waals surface area contributed by atoms with Gasteiger partial charge < -0.3 is 14.4 Å². The van der Waals surface area contributed by atoms with Gasteiger partial charge in [0.25, 0.3) is 5.91 Å². The topological polar surface area (TPSA) is 133 Å². The van der Waals surface area contributed by atoms with Crippen LogP contribution in [0, 0.1) is 12.8 Å². The van der Waals surface area contributed by atoms with Gasteiger partial charge in [-0.3, -0.25) is 9.48 Å². The standard InChI is InChI=1S/C36H42N4O6S/c1-21(2)20-47(44,45)38-35(41)25-12-15-29-30(18-25)40-19-26(33-31(36(42)43)22(3)37-39(33)4)17-24-11-13-27(46-5)14-16-28(24)34(40)32(29)23-9-7-6-8-10-23/h12-18,21,23H,6-11,19-20H2,1-5H3,(H,38,41)(H,42,43). The summed E-state index contributed by atoms with van der Waals surface area (Å²) in [6, 6.07) is 5.44. The van der Waals surface area contributed by atoms with Crippen LogP contribution in [0.25, 0.3) is 22.0 Å². The van der Waals surface area contributed by atoms with E-state index in [1.54, 1.807) is 51.7 Å². The molecule has 1 saturated carbocycles. The molecular formula is C36H42N4O6S. The molecule has 2 aliphatic carbocycles. The zero-order valence-corrected chi connectivity index (χ0v) is 28.4. The minimum absolute atomic E-state index is 0.137. The average Bonchev–Trinajstić information content (AvgIpc) is 3.32. The largest absolute Gasteiger partial charge is 0.497 e. The van der Waals surface area contributed by atoms with Crippen molar-refractivity contribution in [3.8, 4) is 0 Å². The maximum atomic E-state index is 13.4. The third-order valence-corrected chi connectivity index (χ3v) is 11.0. The molecule has 6 rings (SSSR count). The highest BCUT2D eigenvalue weighted by Crippen LogP contribution is 2.46. The first kappa shape index (κ1) is 32.6. The molecule has 1 aliphatic heterocycles. The van der Waals surface area contributed by atoms with Gasteiger partial charge in [-0.25, -0.2) is 17.9 Å². The lowest BCUT2D eigenvalue weighted by molar-refractivity contribution is 0.0695. The van der Waals surface area contributed by atoms with Crippen molar-refractivity contribution in [1.29, 1.82) is 0 Å². The summed E-state index contributed by atoms with van der Waals surface area (Å²) in [5, 5.41) is 15.8. The molecule has 3 heterocycles. The molecule has 1 fully saturated rings. The maximum Gasteiger partial charge on any atom is 0.339 e. The zero-order chi connectivity index (χ0) is 33.6. The molecule has 0 unspecified atom stereocenters. The summed E-state index contributed by atoms with van der Waals surface area (Å²) in [6.45, 7) is 5.61. The van der Waals surface area contributed by atoms with E-state index in [4.69, 9.17) is 4.74 Å². The van der Waals surface area contributed by atoms with Crippen molar-refractivity contribution in [3.05, 3.63) is 87.6 Å². The van der Waals surface area contributed by atoms with Crippen LogP contribution in [-0.4, -0.2) is 52.6 Å². The van der Waals surface area contributed by atoms with Crippen molar-refractivity contribution in [3.63, 3.8) is 0 Å². The van der Waals surface area contributed by atoms with Crippen molar-refractivity contribution >= 4 is 43.9 Å². The van der Waals surface area contributed by atoms with Gasteiger partial charge in [0.1, 0.15) is 11.3 Å². The van der Waals surface area contributed by atoms with E-state index in [2.05, 4.69) is 26.5 Å². The summed E-state index contributed by atoms with van der Waals surface area (Å²) in [4.78, 5) is 25.9. The Morgan fingerprint density at radius 3 is 2.55 bits per heavy atom. The van der Waals surface area contributed by atoms with Gasteiger partial charge in [-0.05, 0) is 85.1 Å². The highest BCUT2D eigenvalue weighted by Gasteiger charge is 2.32. The second-order valence-corrected chi connectivity index (χ2v) is 15.0. The van der Waals surface area contributed by atoms with Crippen LogP contribution in [0.15, 0.2) is 53.8 Å². The van der Waals surface area contributed by atoms with Gasteiger partial charge in [-0.2, -0.15) is 5.10 Å². The molecule has 2 N–H and O–H groups in total. The van der Waals surface area contributed by atoms with Crippen LogP contribution in [0.5, 0.6) is 0 Å². The quantitative estimate of drug-likeness (QED) is 0.283. The number of hydrogen-bond donors (Lipinski definition) is 2. The number of carbonyl (C=O) groups is 2. The highest BCUT2D eigenvalue weighted by atomic mass is 32.2. The third-order valence-electron chi connectivity index (χ3n) is 9.37. The highest BCUT2D eigenvalue weighted by molar-refractivity contribution is 7.90. The van der Waals surface area contributed by atoms with Crippen LogP contribution in [0.3, 0.4) is 0 Å². The molecule has 47 heavy (non-hydrogen) atoms. The molecular weight excluding hydrogens is 616 g/mol. The number of allylic oxidation sites excluding steroid dienone is 7. The van der Waals surface area contributed by atoms with Crippen molar-refractivity contribution < 1.29 is 27.9 Å². The van der Waals surface area contributed by atoms with E-state index >= 15 is 0 Å². The number of ether oxygens (including phenoxy) is 1. The lowest BCUT2D eigenvalue weighted by Crippen LogP contribution is -2.33. The Balaban J connectivity index is 1.62. The van der Waals surface area contributed by atoms with E-state index in [9.17, 15) is 23.1 Å². The number of carboxylic acids is 1. The Kier molecular flexibility index (Phi) is 8.78. The summed E-state index contributed by atoms with van der Waals surface area (Å²) < 4.78 is 37.1. The number of fused-ring (bicyclic) bond motifs is 4. The van der Waals surface area contributed by atoms with Gasteiger partial charge in [-0.1, -0.05) is 45.3 Å². The van der Waals surface area contributed by atoms with E-state index in [-0.39, 0.29) is 22.8 Å². The summed E-state index contributed by atoms with van der Waals surface area (Å²) in [6.07, 6.45) is 14.2. The fourth-order valence-electron chi connectivity index (χ4n) is 7.49. The van der Waals surface area contributed by atoms with Gasteiger partial charge in [0.2, 0.25) is 10.0 Å². The fourth-order valence-corrected chi connectivity index (χ4v) is 8.85. The summed E-state index contributed by atoms with van der Waals surface area (Å²) >= 11 is 0. The molecule has 3 aromatic rings. The van der Waals surface area contributed by atoms with E-state index in [1.807, 2.05) is 18.2 Å². The first-order valence-corrected chi connectivity index (χ1v) is 17.9. The number of nitrogens with one attached hydrogen (secondary N) is 1. The summed E-state index contributed by atoms with van der Waals surface area (Å²) in [5.41, 5.74) is 7.21. The number of aromatic carboxylic acids is 1. The Hall–Kier alpha value is -4.38. The van der Waals surface area contributed by atoms with Gasteiger partial charge in [-0.15, -0.1) is 0 Å². The predicted molar refractivity (Wildman–Crippen MR) is 183 cm³/mol. The van der Waals surface area contributed by atoms with E-state index in [1.165, 1.54) is 12.0 Å². The van der Waals surface area contributed by atoms with Gasteiger partial charge in [0, 0.05) is 29.1 Å². The normalized spacial score (nSPS) is 17.1. The number of hydrogen-bond acceptors (Lipinski definition) is 6. The number of sulfonamides is 1. The first-order chi connectivity index (χ1) is 22.4. The lowest BCUT2D eigenvalue weighted by Gasteiger charge is -2.24. The minimum Gasteiger partial charge on any atom is -0.497 e. The fraction of sp³-hybridized carbons (Fsp3) is 0.417. The zero-order valence-electron chi connectivity index (χ0n) is 27.6. The van der Waals surface area contributed by atoms with Crippen LogP contribution >= 0.6 is 0 Å². The van der Waals surface area contributed by atoms with Gasteiger partial charge >= 0.3 is 5.97 Å². The number of aromatic nitrogens is 3. The van der Waals surface area contributed by atoms with Crippen molar-refractivity contribution in [2.45, 2.75) is 71.8 Å². The molecule has 0 radical (unpaired) electrons. The number of rotatable bonds is 8. The molecule has 11 heteroatoms. The number of nitrogens with zero attached hydrogens (tertiary/aromatic N) is 3. The molecule has 2 aromatic heterocycles. The second kappa shape index (κ2) is 12.7. The van der Waals surface area contributed by atoms with Crippen molar-refractivity contribution in [1.82, 2.24) is 19.1 Å². The van der Waals surface area contributed by atoms with Crippen molar-refractivity contribution in [2.24, 2.45) is 13.0 Å². The second-order valence-electron chi connectivity index (χ2n) is 13.2. The lowest BCUT2D eigenvalue weighted by atomic mass is 9.81. The van der Waals surface area contributed by atoms with Crippen LogP contribution in [-0.2, 0) is 28.4 Å². The average molecular weight is 659 g/mol. The molecule has 248 valence electrons. The van der Waals surface area contributed by atoms with E-state index in [0.717, 1.165) is 64.8 Å². The van der Waals surface area contributed by atoms with Gasteiger partial charge in [0.05, 0.1) is 36.5 Å². The Bertz CT molecular complexity index is 2020. The van der Waals surface area contributed by atoms with Crippen LogP contribution in [0.1, 0.15) is 102 Å². The molecule has 1 aromatic carbocycles. The van der Waals surface area contributed by atoms with Crippen LogP contribution in [0.4, 0.5) is 0 Å². The molecule has 10 nitrogen and oxygen atoms in total. The Morgan fingerprint density at radius 1 is 1.13 bits per heavy atom. The Labute approximate surface area is 275 Å². The number of benzene rings is 1. The molecule has 0 atom stereocenters. The van der Waals surface area contributed by atoms with E-state index < -0.39 is 21.9 Å². The molecule has 3 aliphatic rings. The predicted octanol–water partition coefficient (Wildman–Crippen LogP) is 6.49. The number of carboxylic acid groups (broad SMARTS) is 1. The summed E-state index contributed by atoms with van der Waals surface area (Å²) in [5.74, 6) is -0.984. The van der Waals surface area contributed by atoms with Crippen LogP contribution in [0.2, 0.25) is 0 Å². The molecule has 0 bridgehead atoms. The minimum atomic E-state index is -3.82. The summed E-state index contributed by atoms with van der Waals surface area (Å²) in [7, 11) is -0.419. The van der Waals surface area contributed by atoms with Gasteiger partial charge in [0.15, 0.2) is 0 Å². The number of methoxy groups -OCH3 is 1. The first-order valence-electron chi connectivity index (χ1n) is 16.2. The third kappa shape index (κ3) is 6.20. The smallest absolute Gasteiger partial charge is 0.339 e. The number of amides is 1. The number of carbonyl (C=O) groups excluding carboxylic acids is 1.